The van der Waals surface area contributed by atoms with Gasteiger partial charge in [0.1, 0.15) is 29.9 Å². The molecular formula is C11H14FN3O4. The van der Waals surface area contributed by atoms with E-state index in [1.165, 1.54) is 19.4 Å². The van der Waals surface area contributed by atoms with Crippen LogP contribution >= 0.6 is 0 Å². The third-order valence-electron chi connectivity index (χ3n) is 3.02. The number of methoxy groups -OCH3 is 1. The molecule has 0 radical (unpaired) electrons. The molecule has 19 heavy (non-hydrogen) atoms. The second-order valence-corrected chi connectivity index (χ2v) is 4.23. The number of rotatable bonds is 3. The highest BCUT2D eigenvalue weighted by molar-refractivity contribution is 5.30. The molecule has 0 amide bonds. The average Bonchev–Trinajstić information content (AvgIpc) is 2.55. The van der Waals surface area contributed by atoms with Gasteiger partial charge in [0.15, 0.2) is 0 Å². The predicted octanol–water partition coefficient (Wildman–Crippen LogP) is -1.03. The number of ether oxygens (including phenoxy) is 1. The van der Waals surface area contributed by atoms with Crippen molar-refractivity contribution in [2.45, 2.75) is 18.2 Å². The largest absolute Gasteiger partial charge is 0.387 e. The van der Waals surface area contributed by atoms with E-state index in [1.54, 1.807) is 0 Å². The number of anilines is 1. The summed E-state index contributed by atoms with van der Waals surface area (Å²) in [6, 6.07) is -0.0111. The van der Waals surface area contributed by atoms with E-state index in [0.29, 0.717) is 0 Å². The Labute approximate surface area is 107 Å². The first-order valence-corrected chi connectivity index (χ1v) is 5.55. The molecule has 7 nitrogen and oxygen atoms in total. The summed E-state index contributed by atoms with van der Waals surface area (Å²) in [7, 11) is 1.34. The molecule has 1 unspecified atom stereocenters. The summed E-state index contributed by atoms with van der Waals surface area (Å²) in [4.78, 5) is 15.1. The van der Waals surface area contributed by atoms with Crippen molar-refractivity contribution in [1.82, 2.24) is 9.55 Å². The van der Waals surface area contributed by atoms with Crippen LogP contribution in [0.3, 0.4) is 0 Å². The van der Waals surface area contributed by atoms with Crippen molar-refractivity contribution in [3.63, 3.8) is 0 Å². The Morgan fingerprint density at radius 2 is 2.26 bits per heavy atom. The Kier molecular flexibility index (Phi) is 3.65. The van der Waals surface area contributed by atoms with Crippen LogP contribution < -0.4 is 11.4 Å². The lowest BCUT2D eigenvalue weighted by Crippen LogP contribution is -2.36. The van der Waals surface area contributed by atoms with Gasteiger partial charge >= 0.3 is 5.69 Å². The average molecular weight is 271 g/mol. The van der Waals surface area contributed by atoms with Gasteiger partial charge in [0.2, 0.25) is 0 Å². The molecule has 104 valence electrons. The van der Waals surface area contributed by atoms with Gasteiger partial charge in [0.25, 0.3) is 0 Å². The standard InChI is InChI=1S/C11H14FN3O4/c1-19-4-5-7(12)8(10(17)9(5)16)15-3-2-6(13)14-11(15)18/h2-3,8-10,16-17H,4H2,1H3,(H2,13,14,18)/t8?,9-,10+/m1/s1. The quantitative estimate of drug-likeness (QED) is 0.648. The molecule has 0 aromatic carbocycles. The molecule has 8 heteroatoms. The minimum absolute atomic E-state index is 0.00390. The van der Waals surface area contributed by atoms with Crippen molar-refractivity contribution in [2.75, 3.05) is 19.5 Å². The van der Waals surface area contributed by atoms with Gasteiger partial charge in [0.05, 0.1) is 6.61 Å². The number of halogens is 1. The predicted molar refractivity (Wildman–Crippen MR) is 64.0 cm³/mol. The molecule has 0 saturated heterocycles. The molecule has 0 spiro atoms. The SMILES string of the molecule is COCC1=C(F)C(n2ccc(N)nc2=O)[C@H](O)[C@@H]1O. The fourth-order valence-corrected chi connectivity index (χ4v) is 2.09. The van der Waals surface area contributed by atoms with Crippen LogP contribution in [-0.4, -0.2) is 45.7 Å². The summed E-state index contributed by atoms with van der Waals surface area (Å²) in [5, 5.41) is 19.6. The number of nitrogens with two attached hydrogens (primary N) is 1. The number of nitrogens with zero attached hydrogens (tertiary/aromatic N) is 2. The minimum Gasteiger partial charge on any atom is -0.387 e. The number of aliphatic hydroxyl groups excluding tert-OH is 2. The number of hydrogen-bond donors (Lipinski definition) is 3. The first-order valence-electron chi connectivity index (χ1n) is 5.55. The molecule has 0 bridgehead atoms. The topological polar surface area (TPSA) is 111 Å². The highest BCUT2D eigenvalue weighted by Gasteiger charge is 2.43. The van der Waals surface area contributed by atoms with Crippen LogP contribution in [0.25, 0.3) is 0 Å². The van der Waals surface area contributed by atoms with E-state index in [2.05, 4.69) is 4.98 Å². The lowest BCUT2D eigenvalue weighted by Gasteiger charge is -2.19. The smallest absolute Gasteiger partial charge is 0.350 e. The zero-order chi connectivity index (χ0) is 14.2. The molecule has 1 aromatic rings. The number of aromatic nitrogens is 2. The Balaban J connectivity index is 2.47. The maximum atomic E-state index is 14.2. The second kappa shape index (κ2) is 5.08. The number of aliphatic hydroxyl groups is 2. The minimum atomic E-state index is -1.48. The molecule has 4 N–H and O–H groups in total. The van der Waals surface area contributed by atoms with E-state index >= 15 is 0 Å². The third kappa shape index (κ3) is 2.25. The van der Waals surface area contributed by atoms with E-state index in [9.17, 15) is 19.4 Å². The summed E-state index contributed by atoms with van der Waals surface area (Å²) in [5.41, 5.74) is 4.45. The van der Waals surface area contributed by atoms with Crippen molar-refractivity contribution in [3.8, 4) is 0 Å². The maximum Gasteiger partial charge on any atom is 0.350 e. The van der Waals surface area contributed by atoms with Crippen molar-refractivity contribution >= 4 is 5.82 Å². The lowest BCUT2D eigenvalue weighted by molar-refractivity contribution is 0.0230. The van der Waals surface area contributed by atoms with E-state index in [4.69, 9.17) is 10.5 Å². The first kappa shape index (κ1) is 13.7. The van der Waals surface area contributed by atoms with Crippen LogP contribution in [0.2, 0.25) is 0 Å². The zero-order valence-corrected chi connectivity index (χ0v) is 10.2. The summed E-state index contributed by atoms with van der Waals surface area (Å²) in [6.45, 7) is -0.169. The zero-order valence-electron chi connectivity index (χ0n) is 10.2. The van der Waals surface area contributed by atoms with Gasteiger partial charge < -0.3 is 20.7 Å². The first-order chi connectivity index (χ1) is 8.97. The summed E-state index contributed by atoms with van der Waals surface area (Å²) in [5.74, 6) is -0.800. The summed E-state index contributed by atoms with van der Waals surface area (Å²) < 4.78 is 19.8. The summed E-state index contributed by atoms with van der Waals surface area (Å²) in [6.07, 6.45) is -1.68. The Bertz CT molecular complexity index is 571. The van der Waals surface area contributed by atoms with E-state index < -0.39 is 29.8 Å². The molecular weight excluding hydrogens is 257 g/mol. The van der Waals surface area contributed by atoms with Crippen LogP contribution in [0.5, 0.6) is 0 Å². The van der Waals surface area contributed by atoms with Gasteiger partial charge in [-0.25, -0.2) is 9.18 Å². The highest BCUT2D eigenvalue weighted by atomic mass is 19.1. The van der Waals surface area contributed by atoms with E-state index in [0.717, 1.165) is 4.57 Å². The van der Waals surface area contributed by atoms with Gasteiger partial charge in [0, 0.05) is 18.9 Å². The van der Waals surface area contributed by atoms with Crippen molar-refractivity contribution in [2.24, 2.45) is 0 Å². The number of nitrogen functional groups attached to an aromatic ring is 1. The Morgan fingerprint density at radius 3 is 2.84 bits per heavy atom. The summed E-state index contributed by atoms with van der Waals surface area (Å²) >= 11 is 0. The highest BCUT2D eigenvalue weighted by Crippen LogP contribution is 2.36. The van der Waals surface area contributed by atoms with Gasteiger partial charge in [-0.1, -0.05) is 0 Å². The van der Waals surface area contributed by atoms with Gasteiger partial charge in [-0.15, -0.1) is 0 Å². The molecule has 0 saturated carbocycles. The molecule has 2 rings (SSSR count). The fraction of sp³-hybridized carbons (Fsp3) is 0.455. The maximum absolute atomic E-state index is 14.2. The lowest BCUT2D eigenvalue weighted by atomic mass is 10.1. The van der Waals surface area contributed by atoms with Crippen molar-refractivity contribution in [1.29, 1.82) is 0 Å². The molecule has 0 fully saturated rings. The van der Waals surface area contributed by atoms with Gasteiger partial charge in [-0.3, -0.25) is 4.57 Å². The van der Waals surface area contributed by atoms with E-state index in [-0.39, 0.29) is 18.0 Å². The molecule has 1 heterocycles. The van der Waals surface area contributed by atoms with Crippen molar-refractivity contribution in [3.05, 3.63) is 34.1 Å². The second-order valence-electron chi connectivity index (χ2n) is 4.23. The fourth-order valence-electron chi connectivity index (χ4n) is 2.09. The van der Waals surface area contributed by atoms with Crippen LogP contribution in [0.4, 0.5) is 10.2 Å². The Hall–Kier alpha value is -1.77. The van der Waals surface area contributed by atoms with Crippen LogP contribution in [0.1, 0.15) is 6.04 Å². The number of hydrogen-bond acceptors (Lipinski definition) is 6. The van der Waals surface area contributed by atoms with Crippen molar-refractivity contribution < 1.29 is 19.3 Å². The molecule has 1 aliphatic carbocycles. The van der Waals surface area contributed by atoms with Crippen LogP contribution in [0, 0.1) is 0 Å². The normalized spacial score (nSPS) is 27.1. The molecule has 1 aliphatic rings. The third-order valence-corrected chi connectivity index (χ3v) is 3.02. The van der Waals surface area contributed by atoms with E-state index in [1.807, 2.05) is 0 Å². The van der Waals surface area contributed by atoms with Gasteiger partial charge in [-0.05, 0) is 6.07 Å². The molecule has 0 aliphatic heterocycles. The molecule has 1 aromatic heterocycles. The monoisotopic (exact) mass is 271 g/mol. The Morgan fingerprint density at radius 1 is 1.58 bits per heavy atom. The van der Waals surface area contributed by atoms with Crippen LogP contribution in [-0.2, 0) is 4.74 Å². The van der Waals surface area contributed by atoms with Crippen LogP contribution in [0.15, 0.2) is 28.5 Å². The van der Waals surface area contributed by atoms with Gasteiger partial charge in [-0.2, -0.15) is 4.98 Å². The molecule has 3 atom stereocenters.